The van der Waals surface area contributed by atoms with Crippen molar-refractivity contribution in [2.75, 3.05) is 26.8 Å². The molecule has 1 aliphatic rings. The smallest absolute Gasteiger partial charge is 0.326 e. The van der Waals surface area contributed by atoms with E-state index in [9.17, 15) is 9.59 Å². The summed E-state index contributed by atoms with van der Waals surface area (Å²) in [7, 11) is 1.51. The Balaban J connectivity index is 1.78. The van der Waals surface area contributed by atoms with Gasteiger partial charge in [-0.15, -0.1) is 0 Å². The van der Waals surface area contributed by atoms with Crippen molar-refractivity contribution in [3.63, 3.8) is 0 Å². The van der Waals surface area contributed by atoms with Crippen LogP contribution < -0.4 is 5.69 Å². The lowest BCUT2D eigenvalue weighted by Crippen LogP contribution is -2.43. The summed E-state index contributed by atoms with van der Waals surface area (Å²) < 4.78 is 6.72. The van der Waals surface area contributed by atoms with Gasteiger partial charge in [0.05, 0.1) is 23.3 Å². The number of carbonyl (C=O) groups excluding carboxylic acids is 1. The summed E-state index contributed by atoms with van der Waals surface area (Å²) in [5, 5.41) is 0.909. The van der Waals surface area contributed by atoms with Crippen molar-refractivity contribution in [3.05, 3.63) is 28.9 Å². The van der Waals surface area contributed by atoms with E-state index in [2.05, 4.69) is 15.0 Å². The minimum absolute atomic E-state index is 0.0384. The third-order valence-corrected chi connectivity index (χ3v) is 4.64. The van der Waals surface area contributed by atoms with E-state index in [-0.39, 0.29) is 24.2 Å². The summed E-state index contributed by atoms with van der Waals surface area (Å²) in [6, 6.07) is 1.87. The number of hydrogen-bond donors (Lipinski definition) is 2. The fourth-order valence-electron chi connectivity index (χ4n) is 3.58. The Bertz CT molecular complexity index is 954. The highest BCUT2D eigenvalue weighted by Crippen LogP contribution is 2.27. The molecule has 0 radical (unpaired) electrons. The molecule has 4 rings (SSSR count). The summed E-state index contributed by atoms with van der Waals surface area (Å²) in [5.41, 5.74) is 2.15. The van der Waals surface area contributed by atoms with Gasteiger partial charge >= 0.3 is 5.69 Å². The van der Waals surface area contributed by atoms with Gasteiger partial charge in [-0.2, -0.15) is 0 Å². The molecular formula is C16H19N5O3. The Kier molecular flexibility index (Phi) is 3.61. The van der Waals surface area contributed by atoms with Crippen LogP contribution in [0.4, 0.5) is 0 Å². The summed E-state index contributed by atoms with van der Waals surface area (Å²) in [4.78, 5) is 36.7. The molecule has 24 heavy (non-hydrogen) atoms. The normalized spacial score (nSPS) is 18.5. The molecule has 0 aliphatic carbocycles. The van der Waals surface area contributed by atoms with Gasteiger partial charge in [-0.05, 0) is 18.9 Å². The van der Waals surface area contributed by atoms with E-state index in [0.717, 1.165) is 29.4 Å². The molecule has 3 aromatic heterocycles. The molecular weight excluding hydrogens is 310 g/mol. The van der Waals surface area contributed by atoms with Crippen LogP contribution in [0.15, 0.2) is 23.3 Å². The minimum atomic E-state index is -0.161. The zero-order chi connectivity index (χ0) is 16.7. The van der Waals surface area contributed by atoms with Gasteiger partial charge in [0, 0.05) is 31.8 Å². The number of methoxy groups -OCH3 is 1. The molecule has 0 bridgehead atoms. The van der Waals surface area contributed by atoms with Gasteiger partial charge in [0.25, 0.3) is 0 Å². The first-order valence-corrected chi connectivity index (χ1v) is 8.02. The molecule has 1 unspecified atom stereocenters. The topological polar surface area (TPSA) is 96.0 Å². The third-order valence-electron chi connectivity index (χ3n) is 4.64. The summed E-state index contributed by atoms with van der Waals surface area (Å²) in [6.45, 7) is 1.29. The quantitative estimate of drug-likeness (QED) is 0.750. The third kappa shape index (κ3) is 2.30. The van der Waals surface area contributed by atoms with Crippen molar-refractivity contribution >= 4 is 28.0 Å². The first-order chi connectivity index (χ1) is 11.7. The van der Waals surface area contributed by atoms with Crippen molar-refractivity contribution in [1.29, 1.82) is 0 Å². The van der Waals surface area contributed by atoms with Gasteiger partial charge in [-0.25, -0.2) is 9.78 Å². The largest absolute Gasteiger partial charge is 0.375 e. The van der Waals surface area contributed by atoms with E-state index < -0.39 is 0 Å². The van der Waals surface area contributed by atoms with Crippen LogP contribution >= 0.6 is 0 Å². The zero-order valence-electron chi connectivity index (χ0n) is 13.4. The van der Waals surface area contributed by atoms with Crippen LogP contribution in [0.2, 0.25) is 0 Å². The summed E-state index contributed by atoms with van der Waals surface area (Å²) in [6.07, 6.45) is 5.20. The van der Waals surface area contributed by atoms with E-state index >= 15 is 0 Å². The monoisotopic (exact) mass is 329 g/mol. The second-order valence-electron chi connectivity index (χ2n) is 6.13. The molecule has 1 amide bonds. The average Bonchev–Trinajstić information content (AvgIpc) is 3.18. The first kappa shape index (κ1) is 14.9. The molecule has 1 saturated heterocycles. The summed E-state index contributed by atoms with van der Waals surface area (Å²) >= 11 is 0. The number of likely N-dealkylation sites (tertiary alicyclic amines) is 1. The molecule has 126 valence electrons. The van der Waals surface area contributed by atoms with Crippen LogP contribution in [0.1, 0.15) is 18.9 Å². The highest BCUT2D eigenvalue weighted by Gasteiger charge is 2.27. The lowest BCUT2D eigenvalue weighted by atomic mass is 10.0. The predicted molar refractivity (Wildman–Crippen MR) is 88.9 cm³/mol. The fraction of sp³-hybridized carbons (Fsp3) is 0.438. The fourth-order valence-corrected chi connectivity index (χ4v) is 3.58. The van der Waals surface area contributed by atoms with Gasteiger partial charge in [0.2, 0.25) is 5.91 Å². The number of H-pyrrole nitrogens is 2. The molecule has 1 atom stereocenters. The second-order valence-corrected chi connectivity index (χ2v) is 6.13. The Morgan fingerprint density at radius 1 is 1.50 bits per heavy atom. The van der Waals surface area contributed by atoms with Crippen molar-refractivity contribution < 1.29 is 9.53 Å². The van der Waals surface area contributed by atoms with Crippen LogP contribution in [0.25, 0.3) is 22.1 Å². The van der Waals surface area contributed by atoms with E-state index in [4.69, 9.17) is 4.74 Å². The number of piperidine rings is 1. The van der Waals surface area contributed by atoms with Crippen LogP contribution in [-0.2, 0) is 9.53 Å². The number of pyridine rings is 1. The highest BCUT2D eigenvalue weighted by molar-refractivity contribution is 6.00. The molecule has 4 heterocycles. The number of carbonyl (C=O) groups is 1. The zero-order valence-corrected chi connectivity index (χ0v) is 13.4. The number of rotatable bonds is 3. The van der Waals surface area contributed by atoms with Crippen molar-refractivity contribution in [1.82, 2.24) is 24.4 Å². The van der Waals surface area contributed by atoms with Crippen molar-refractivity contribution in [2.24, 2.45) is 0 Å². The van der Waals surface area contributed by atoms with E-state index in [1.165, 1.54) is 7.11 Å². The van der Waals surface area contributed by atoms with Crippen LogP contribution in [0.3, 0.4) is 0 Å². The number of imidazole rings is 1. The van der Waals surface area contributed by atoms with Gasteiger partial charge in [0.15, 0.2) is 0 Å². The standard InChI is InChI=1S/C16H19N5O3/c1-24-9-13(22)20-6-2-3-10(8-20)21-14-11-4-5-17-15(11)18-7-12(14)19-16(21)23/h4-5,7,10H,2-3,6,8-9H2,1H3,(H,17,18)(H,19,23). The number of amides is 1. The van der Waals surface area contributed by atoms with Gasteiger partial charge < -0.3 is 19.6 Å². The summed E-state index contributed by atoms with van der Waals surface area (Å²) in [5.74, 6) is -0.0384. The molecule has 0 saturated carbocycles. The molecule has 8 nitrogen and oxygen atoms in total. The lowest BCUT2D eigenvalue weighted by molar-refractivity contribution is -0.136. The van der Waals surface area contributed by atoms with Crippen LogP contribution in [-0.4, -0.2) is 57.1 Å². The maximum Gasteiger partial charge on any atom is 0.326 e. The van der Waals surface area contributed by atoms with E-state index in [0.29, 0.717) is 18.6 Å². The molecule has 1 aliphatic heterocycles. The molecule has 1 fully saturated rings. The number of aromatic nitrogens is 4. The van der Waals surface area contributed by atoms with Crippen LogP contribution in [0.5, 0.6) is 0 Å². The van der Waals surface area contributed by atoms with E-state index in [1.54, 1.807) is 15.7 Å². The Morgan fingerprint density at radius 2 is 2.38 bits per heavy atom. The minimum Gasteiger partial charge on any atom is -0.375 e. The van der Waals surface area contributed by atoms with Gasteiger partial charge in [-0.3, -0.25) is 9.36 Å². The number of hydrogen-bond acceptors (Lipinski definition) is 4. The molecule has 0 spiro atoms. The molecule has 0 aromatic carbocycles. The first-order valence-electron chi connectivity index (χ1n) is 8.02. The highest BCUT2D eigenvalue weighted by atomic mass is 16.5. The number of ether oxygens (including phenoxy) is 1. The lowest BCUT2D eigenvalue weighted by Gasteiger charge is -2.33. The maximum atomic E-state index is 12.5. The Morgan fingerprint density at radius 3 is 3.21 bits per heavy atom. The SMILES string of the molecule is COCC(=O)N1CCCC(n2c(=O)[nH]c3cnc4[nH]ccc4c32)C1. The number of aromatic amines is 2. The number of nitrogens with one attached hydrogen (secondary N) is 2. The van der Waals surface area contributed by atoms with E-state index in [1.807, 2.05) is 12.3 Å². The van der Waals surface area contributed by atoms with Crippen molar-refractivity contribution in [2.45, 2.75) is 18.9 Å². The average molecular weight is 329 g/mol. The molecule has 2 N–H and O–H groups in total. The predicted octanol–water partition coefficient (Wildman–Crippen LogP) is 1.02. The molecule has 3 aromatic rings. The number of nitrogens with zero attached hydrogens (tertiary/aromatic N) is 3. The van der Waals surface area contributed by atoms with Crippen LogP contribution in [0, 0.1) is 0 Å². The Hall–Kier alpha value is -2.61. The Labute approximate surface area is 137 Å². The van der Waals surface area contributed by atoms with Gasteiger partial charge in [-0.1, -0.05) is 0 Å². The van der Waals surface area contributed by atoms with Gasteiger partial charge in [0.1, 0.15) is 12.3 Å². The molecule has 8 heteroatoms. The number of fused-ring (bicyclic) bond motifs is 3. The van der Waals surface area contributed by atoms with Crippen molar-refractivity contribution in [3.8, 4) is 0 Å². The second kappa shape index (κ2) is 5.79. The maximum absolute atomic E-state index is 12.5.